The summed E-state index contributed by atoms with van der Waals surface area (Å²) in [5.41, 5.74) is 3.52. The molecule has 1 unspecified atom stereocenters. The molecule has 1 fully saturated rings. The molecule has 2 aromatic heterocycles. The highest BCUT2D eigenvalue weighted by atomic mass is 16.6. The molecule has 0 bridgehead atoms. The Morgan fingerprint density at radius 3 is 2.75 bits per heavy atom. The van der Waals surface area contributed by atoms with E-state index in [1.54, 1.807) is 0 Å². The SMILES string of the molecule is Cc1noc2nc(C3CC3)cc(C(=O)NC(C)c3ccc4c(c3)OCCO4)c12. The number of hydrogen-bond acceptors (Lipinski definition) is 6. The lowest BCUT2D eigenvalue weighted by Crippen LogP contribution is -2.27. The highest BCUT2D eigenvalue weighted by Crippen LogP contribution is 2.40. The van der Waals surface area contributed by atoms with Gasteiger partial charge in [-0.3, -0.25) is 4.79 Å². The first-order valence-electron chi connectivity index (χ1n) is 9.57. The number of amides is 1. The largest absolute Gasteiger partial charge is 0.486 e. The number of rotatable bonds is 4. The number of aromatic nitrogens is 2. The van der Waals surface area contributed by atoms with Crippen LogP contribution >= 0.6 is 0 Å². The lowest BCUT2D eigenvalue weighted by molar-refractivity contribution is 0.0941. The molecule has 144 valence electrons. The van der Waals surface area contributed by atoms with E-state index < -0.39 is 0 Å². The number of carbonyl (C=O) groups is 1. The fourth-order valence-corrected chi connectivity index (χ4v) is 3.57. The van der Waals surface area contributed by atoms with E-state index in [1.165, 1.54) is 0 Å². The average Bonchev–Trinajstić information content (AvgIpc) is 3.50. The van der Waals surface area contributed by atoms with Crippen LogP contribution in [0.4, 0.5) is 0 Å². The van der Waals surface area contributed by atoms with Crippen molar-refractivity contribution in [3.63, 3.8) is 0 Å². The summed E-state index contributed by atoms with van der Waals surface area (Å²) in [5.74, 6) is 1.69. The number of fused-ring (bicyclic) bond motifs is 2. The van der Waals surface area contributed by atoms with Gasteiger partial charge in [-0.15, -0.1) is 0 Å². The van der Waals surface area contributed by atoms with Gasteiger partial charge in [0.15, 0.2) is 11.5 Å². The Kier molecular flexibility index (Phi) is 3.96. The van der Waals surface area contributed by atoms with Gasteiger partial charge in [0, 0.05) is 11.6 Å². The topological polar surface area (TPSA) is 86.5 Å². The van der Waals surface area contributed by atoms with Crippen LogP contribution in [0.15, 0.2) is 28.8 Å². The van der Waals surface area contributed by atoms with Crippen molar-refractivity contribution in [1.82, 2.24) is 15.5 Å². The van der Waals surface area contributed by atoms with E-state index >= 15 is 0 Å². The first-order valence-corrected chi connectivity index (χ1v) is 9.57. The van der Waals surface area contributed by atoms with Gasteiger partial charge in [-0.1, -0.05) is 11.2 Å². The van der Waals surface area contributed by atoms with Crippen molar-refractivity contribution in [3.8, 4) is 11.5 Å². The minimum absolute atomic E-state index is 0.164. The highest BCUT2D eigenvalue weighted by Gasteiger charge is 2.29. The standard InChI is InChI=1S/C21H21N3O4/c1-11(14-5-6-17-18(9-14)27-8-7-26-17)22-20(25)15-10-16(13-3-4-13)23-21-19(15)12(2)24-28-21/h5-6,9-11,13H,3-4,7-8H2,1-2H3,(H,22,25). The molecular formula is C21H21N3O4. The minimum Gasteiger partial charge on any atom is -0.486 e. The zero-order valence-electron chi connectivity index (χ0n) is 15.8. The van der Waals surface area contributed by atoms with Crippen LogP contribution in [0.25, 0.3) is 11.1 Å². The van der Waals surface area contributed by atoms with Crippen molar-refractivity contribution >= 4 is 17.0 Å². The molecule has 1 amide bonds. The molecule has 1 atom stereocenters. The lowest BCUT2D eigenvalue weighted by atomic mass is 10.0. The summed E-state index contributed by atoms with van der Waals surface area (Å²) >= 11 is 0. The molecule has 5 rings (SSSR count). The minimum atomic E-state index is -0.198. The molecule has 3 heterocycles. The van der Waals surface area contributed by atoms with Crippen molar-refractivity contribution in [1.29, 1.82) is 0 Å². The van der Waals surface area contributed by atoms with Gasteiger partial charge in [0.25, 0.3) is 11.6 Å². The molecule has 1 aromatic carbocycles. The number of pyridine rings is 1. The predicted molar refractivity (Wildman–Crippen MR) is 102 cm³/mol. The van der Waals surface area contributed by atoms with E-state index in [1.807, 2.05) is 38.1 Å². The summed E-state index contributed by atoms with van der Waals surface area (Å²) in [6.45, 7) is 4.86. The summed E-state index contributed by atoms with van der Waals surface area (Å²) in [7, 11) is 0. The van der Waals surface area contributed by atoms with Gasteiger partial charge >= 0.3 is 0 Å². The summed E-state index contributed by atoms with van der Waals surface area (Å²) < 4.78 is 16.6. The van der Waals surface area contributed by atoms with Gasteiger partial charge in [0.1, 0.15) is 13.2 Å². The van der Waals surface area contributed by atoms with E-state index in [2.05, 4.69) is 15.5 Å². The van der Waals surface area contributed by atoms with Crippen LogP contribution in [0.1, 0.15) is 59.0 Å². The number of ether oxygens (including phenoxy) is 2. The summed E-state index contributed by atoms with van der Waals surface area (Å²) in [4.78, 5) is 17.7. The molecule has 7 heteroatoms. The third-order valence-corrected chi connectivity index (χ3v) is 5.29. The number of nitrogens with zero attached hydrogens (tertiary/aromatic N) is 2. The Morgan fingerprint density at radius 1 is 1.18 bits per heavy atom. The molecule has 1 aliphatic heterocycles. The van der Waals surface area contributed by atoms with Crippen LogP contribution in [0.5, 0.6) is 11.5 Å². The number of benzene rings is 1. The van der Waals surface area contributed by atoms with Crippen LogP contribution in [0.2, 0.25) is 0 Å². The Hall–Kier alpha value is -3.09. The van der Waals surface area contributed by atoms with Crippen LogP contribution < -0.4 is 14.8 Å². The molecule has 3 aromatic rings. The van der Waals surface area contributed by atoms with E-state index in [9.17, 15) is 4.79 Å². The Balaban J connectivity index is 1.44. The molecule has 0 saturated heterocycles. The highest BCUT2D eigenvalue weighted by molar-refractivity contribution is 6.06. The zero-order valence-corrected chi connectivity index (χ0v) is 15.8. The molecule has 28 heavy (non-hydrogen) atoms. The predicted octanol–water partition coefficient (Wildman–Crippen LogP) is 3.67. The number of nitrogens with one attached hydrogen (secondary N) is 1. The van der Waals surface area contributed by atoms with Crippen LogP contribution in [0, 0.1) is 6.92 Å². The molecule has 2 aliphatic rings. The van der Waals surface area contributed by atoms with Crippen LogP contribution in [-0.4, -0.2) is 29.3 Å². The maximum atomic E-state index is 13.1. The number of carbonyl (C=O) groups excluding carboxylic acids is 1. The third-order valence-electron chi connectivity index (χ3n) is 5.29. The van der Waals surface area contributed by atoms with Gasteiger partial charge < -0.3 is 19.3 Å². The van der Waals surface area contributed by atoms with Crippen LogP contribution in [0.3, 0.4) is 0 Å². The second kappa shape index (κ2) is 6.51. The molecule has 0 spiro atoms. The molecule has 1 aliphatic carbocycles. The third kappa shape index (κ3) is 2.96. The normalized spacial score (nSPS) is 16.8. The first-order chi connectivity index (χ1) is 13.6. The fourth-order valence-electron chi connectivity index (χ4n) is 3.57. The molecule has 1 N–H and O–H groups in total. The van der Waals surface area contributed by atoms with E-state index in [-0.39, 0.29) is 11.9 Å². The maximum Gasteiger partial charge on any atom is 0.259 e. The molecule has 0 radical (unpaired) electrons. The van der Waals surface area contributed by atoms with Gasteiger partial charge in [0.05, 0.1) is 22.7 Å². The average molecular weight is 379 g/mol. The first kappa shape index (κ1) is 17.0. The molecule has 7 nitrogen and oxygen atoms in total. The number of hydrogen-bond donors (Lipinski definition) is 1. The van der Waals surface area contributed by atoms with Crippen LogP contribution in [-0.2, 0) is 0 Å². The second-order valence-electron chi connectivity index (χ2n) is 7.42. The maximum absolute atomic E-state index is 13.1. The van der Waals surface area contributed by atoms with Gasteiger partial charge in [-0.2, -0.15) is 0 Å². The molecule has 1 saturated carbocycles. The smallest absolute Gasteiger partial charge is 0.259 e. The van der Waals surface area contributed by atoms with Crippen molar-refractivity contribution in [3.05, 3.63) is 46.8 Å². The van der Waals surface area contributed by atoms with Gasteiger partial charge in [-0.25, -0.2) is 4.98 Å². The Morgan fingerprint density at radius 2 is 1.96 bits per heavy atom. The van der Waals surface area contributed by atoms with Crippen molar-refractivity contribution in [2.45, 2.75) is 38.6 Å². The summed E-state index contributed by atoms with van der Waals surface area (Å²) in [6.07, 6.45) is 2.20. The Bertz CT molecular complexity index is 1070. The van der Waals surface area contributed by atoms with Crippen molar-refractivity contribution in [2.24, 2.45) is 0 Å². The lowest BCUT2D eigenvalue weighted by Gasteiger charge is -2.21. The van der Waals surface area contributed by atoms with Gasteiger partial charge in [-0.05, 0) is 50.5 Å². The van der Waals surface area contributed by atoms with Crippen molar-refractivity contribution < 1.29 is 18.8 Å². The zero-order chi connectivity index (χ0) is 19.3. The monoisotopic (exact) mass is 379 g/mol. The quantitative estimate of drug-likeness (QED) is 0.744. The summed E-state index contributed by atoms with van der Waals surface area (Å²) in [5, 5.41) is 7.76. The summed E-state index contributed by atoms with van der Waals surface area (Å²) in [6, 6.07) is 7.43. The number of aryl methyl sites for hydroxylation is 1. The van der Waals surface area contributed by atoms with Gasteiger partial charge in [0.2, 0.25) is 0 Å². The molecular weight excluding hydrogens is 358 g/mol. The van der Waals surface area contributed by atoms with E-state index in [4.69, 9.17) is 14.0 Å². The van der Waals surface area contributed by atoms with E-state index in [0.717, 1.165) is 29.8 Å². The second-order valence-corrected chi connectivity index (χ2v) is 7.42. The Labute approximate surface area is 162 Å². The van der Waals surface area contributed by atoms with Crippen molar-refractivity contribution in [2.75, 3.05) is 13.2 Å². The fraction of sp³-hybridized carbons (Fsp3) is 0.381. The van der Waals surface area contributed by atoms with E-state index in [0.29, 0.717) is 47.2 Å².